The van der Waals surface area contributed by atoms with Crippen LogP contribution in [0.4, 0.5) is 16.2 Å². The number of carbonyl (C=O) groups excluding carboxylic acids is 1. The van der Waals surface area contributed by atoms with Gasteiger partial charge in [0.1, 0.15) is 0 Å². The van der Waals surface area contributed by atoms with Gasteiger partial charge >= 0.3 is 6.03 Å². The third kappa shape index (κ3) is 5.25. The molecule has 2 aromatic carbocycles. The van der Waals surface area contributed by atoms with E-state index in [1.54, 1.807) is 0 Å². The lowest BCUT2D eigenvalue weighted by molar-refractivity contribution is 0.193. The lowest BCUT2D eigenvalue weighted by Crippen LogP contribution is -2.39. The summed E-state index contributed by atoms with van der Waals surface area (Å²) < 4.78 is 0. The molecule has 0 atom stereocenters. The highest BCUT2D eigenvalue weighted by molar-refractivity contribution is 5.89. The number of anilines is 2. The maximum atomic E-state index is 12.8. The smallest absolute Gasteiger partial charge is 0.322 e. The number of hydrogen-bond acceptors (Lipinski definition) is 2. The van der Waals surface area contributed by atoms with E-state index < -0.39 is 0 Å². The quantitative estimate of drug-likeness (QED) is 0.773. The van der Waals surface area contributed by atoms with Crippen LogP contribution in [0.5, 0.6) is 0 Å². The second-order valence-corrected chi connectivity index (χ2v) is 7.85. The largest absolute Gasteiger partial charge is 0.372 e. The van der Waals surface area contributed by atoms with Gasteiger partial charge in [0.05, 0.1) is 0 Å². The zero-order chi connectivity index (χ0) is 19.2. The molecule has 2 amide bonds. The van der Waals surface area contributed by atoms with Crippen molar-refractivity contribution in [1.82, 2.24) is 4.90 Å². The minimum atomic E-state index is -0.0617. The molecule has 4 heteroatoms. The Balaban J connectivity index is 1.62. The SMILES string of the molecule is CC1CCN(c2ccc(NC(=O)N(Cc3ccccc3)C(C)C)cc2)CC1. The number of piperidine rings is 1. The van der Waals surface area contributed by atoms with Gasteiger partial charge in [-0.1, -0.05) is 37.3 Å². The molecule has 2 aromatic rings. The van der Waals surface area contributed by atoms with Crippen molar-refractivity contribution in [2.45, 2.75) is 46.2 Å². The van der Waals surface area contributed by atoms with Crippen LogP contribution in [0.15, 0.2) is 54.6 Å². The van der Waals surface area contributed by atoms with Crippen molar-refractivity contribution in [2.24, 2.45) is 5.92 Å². The molecule has 4 nitrogen and oxygen atoms in total. The molecular weight excluding hydrogens is 334 g/mol. The van der Waals surface area contributed by atoms with E-state index >= 15 is 0 Å². The number of hydrogen-bond donors (Lipinski definition) is 1. The predicted molar refractivity (Wildman–Crippen MR) is 113 cm³/mol. The van der Waals surface area contributed by atoms with Crippen molar-refractivity contribution in [3.8, 4) is 0 Å². The van der Waals surface area contributed by atoms with Gasteiger partial charge in [-0.2, -0.15) is 0 Å². The topological polar surface area (TPSA) is 35.6 Å². The minimum Gasteiger partial charge on any atom is -0.372 e. The summed E-state index contributed by atoms with van der Waals surface area (Å²) in [6.45, 7) is 9.25. The van der Waals surface area contributed by atoms with Crippen LogP contribution in [0.3, 0.4) is 0 Å². The molecule has 1 N–H and O–H groups in total. The van der Waals surface area contributed by atoms with Crippen LogP contribution in [0, 0.1) is 5.92 Å². The summed E-state index contributed by atoms with van der Waals surface area (Å²) >= 11 is 0. The number of urea groups is 1. The fraction of sp³-hybridized carbons (Fsp3) is 0.435. The zero-order valence-electron chi connectivity index (χ0n) is 16.7. The minimum absolute atomic E-state index is 0.0617. The van der Waals surface area contributed by atoms with E-state index in [0.717, 1.165) is 30.3 Å². The molecule has 0 saturated carbocycles. The Labute approximate surface area is 163 Å². The standard InChI is InChI=1S/C23H31N3O/c1-18(2)26(17-20-7-5-4-6-8-20)23(27)24-21-9-11-22(12-10-21)25-15-13-19(3)14-16-25/h4-12,18-19H,13-17H2,1-3H3,(H,24,27). The van der Waals surface area contributed by atoms with E-state index in [1.165, 1.54) is 18.5 Å². The molecule has 1 aliphatic rings. The molecule has 3 rings (SSSR count). The van der Waals surface area contributed by atoms with Crippen molar-refractivity contribution in [3.63, 3.8) is 0 Å². The zero-order valence-corrected chi connectivity index (χ0v) is 16.7. The summed E-state index contributed by atoms with van der Waals surface area (Å²) in [5.41, 5.74) is 3.22. The molecule has 27 heavy (non-hydrogen) atoms. The van der Waals surface area contributed by atoms with Gasteiger partial charge in [0.25, 0.3) is 0 Å². The van der Waals surface area contributed by atoms with Gasteiger partial charge in [-0.25, -0.2) is 4.79 Å². The fourth-order valence-electron chi connectivity index (χ4n) is 3.49. The number of benzene rings is 2. The van der Waals surface area contributed by atoms with Gasteiger partial charge in [0, 0.05) is 37.1 Å². The summed E-state index contributed by atoms with van der Waals surface area (Å²) in [6, 6.07) is 18.4. The van der Waals surface area contributed by atoms with Crippen molar-refractivity contribution < 1.29 is 4.79 Å². The Morgan fingerprint density at radius 2 is 1.70 bits per heavy atom. The monoisotopic (exact) mass is 365 g/mol. The first-order chi connectivity index (χ1) is 13.0. The van der Waals surface area contributed by atoms with Crippen LogP contribution in [0.1, 0.15) is 39.2 Å². The van der Waals surface area contributed by atoms with Crippen molar-refractivity contribution >= 4 is 17.4 Å². The molecule has 0 aromatic heterocycles. The van der Waals surface area contributed by atoms with Gasteiger partial charge < -0.3 is 15.1 Å². The average molecular weight is 366 g/mol. The summed E-state index contributed by atoms with van der Waals surface area (Å²) in [5, 5.41) is 3.05. The molecule has 1 heterocycles. The molecular formula is C23H31N3O. The number of amides is 2. The number of carbonyl (C=O) groups is 1. The first kappa shape index (κ1) is 19.3. The predicted octanol–water partition coefficient (Wildman–Crippen LogP) is 5.37. The Hall–Kier alpha value is -2.49. The molecule has 0 spiro atoms. The first-order valence-corrected chi connectivity index (χ1v) is 9.99. The van der Waals surface area contributed by atoms with Crippen LogP contribution in [0.2, 0.25) is 0 Å². The second kappa shape index (κ2) is 8.94. The molecule has 0 aliphatic carbocycles. The highest BCUT2D eigenvalue weighted by Gasteiger charge is 2.18. The Kier molecular flexibility index (Phi) is 6.38. The van der Waals surface area contributed by atoms with Crippen LogP contribution in [-0.4, -0.2) is 30.1 Å². The van der Waals surface area contributed by atoms with E-state index in [1.807, 2.05) is 49.1 Å². The number of nitrogens with zero attached hydrogens (tertiary/aromatic N) is 2. The van der Waals surface area contributed by atoms with E-state index in [2.05, 4.69) is 41.4 Å². The number of rotatable bonds is 5. The second-order valence-electron chi connectivity index (χ2n) is 7.85. The maximum absolute atomic E-state index is 12.8. The Morgan fingerprint density at radius 1 is 1.07 bits per heavy atom. The van der Waals surface area contributed by atoms with Gasteiger partial charge in [0.2, 0.25) is 0 Å². The highest BCUT2D eigenvalue weighted by Crippen LogP contribution is 2.24. The van der Waals surface area contributed by atoms with Crippen molar-refractivity contribution in [2.75, 3.05) is 23.3 Å². The molecule has 0 bridgehead atoms. The molecule has 0 unspecified atom stereocenters. The summed E-state index contributed by atoms with van der Waals surface area (Å²) in [4.78, 5) is 17.1. The third-order valence-corrected chi connectivity index (χ3v) is 5.35. The average Bonchev–Trinajstić information content (AvgIpc) is 2.68. The molecule has 0 radical (unpaired) electrons. The van der Waals surface area contributed by atoms with E-state index in [-0.39, 0.29) is 12.1 Å². The fourth-order valence-corrected chi connectivity index (χ4v) is 3.49. The van der Waals surface area contributed by atoms with Crippen molar-refractivity contribution in [1.29, 1.82) is 0 Å². The van der Waals surface area contributed by atoms with E-state index in [9.17, 15) is 4.79 Å². The molecule has 1 aliphatic heterocycles. The van der Waals surface area contributed by atoms with Crippen LogP contribution < -0.4 is 10.2 Å². The van der Waals surface area contributed by atoms with Crippen molar-refractivity contribution in [3.05, 3.63) is 60.2 Å². The lowest BCUT2D eigenvalue weighted by atomic mass is 9.99. The van der Waals surface area contributed by atoms with Crippen LogP contribution in [0.25, 0.3) is 0 Å². The van der Waals surface area contributed by atoms with Gasteiger partial charge in [-0.05, 0) is 62.4 Å². The van der Waals surface area contributed by atoms with Crippen LogP contribution in [-0.2, 0) is 6.54 Å². The van der Waals surface area contributed by atoms with Gasteiger partial charge in [-0.15, -0.1) is 0 Å². The van der Waals surface area contributed by atoms with Gasteiger partial charge in [-0.3, -0.25) is 0 Å². The Bertz CT molecular complexity index is 719. The Morgan fingerprint density at radius 3 is 2.30 bits per heavy atom. The highest BCUT2D eigenvalue weighted by atomic mass is 16.2. The van der Waals surface area contributed by atoms with E-state index in [4.69, 9.17) is 0 Å². The lowest BCUT2D eigenvalue weighted by Gasteiger charge is -2.32. The van der Waals surface area contributed by atoms with Crippen LogP contribution >= 0.6 is 0 Å². The normalized spacial score (nSPS) is 15.0. The molecule has 1 saturated heterocycles. The molecule has 144 valence electrons. The molecule has 1 fully saturated rings. The first-order valence-electron chi connectivity index (χ1n) is 9.99. The van der Waals surface area contributed by atoms with Gasteiger partial charge in [0.15, 0.2) is 0 Å². The summed E-state index contributed by atoms with van der Waals surface area (Å²) in [5.74, 6) is 0.825. The number of nitrogens with one attached hydrogen (secondary N) is 1. The summed E-state index contributed by atoms with van der Waals surface area (Å²) in [7, 11) is 0. The third-order valence-electron chi connectivity index (χ3n) is 5.35. The van der Waals surface area contributed by atoms with E-state index in [0.29, 0.717) is 6.54 Å². The summed E-state index contributed by atoms with van der Waals surface area (Å²) in [6.07, 6.45) is 2.50. The maximum Gasteiger partial charge on any atom is 0.322 e.